The van der Waals surface area contributed by atoms with Gasteiger partial charge < -0.3 is 29.9 Å². The Kier molecular flexibility index (Phi) is 10.0. The van der Waals surface area contributed by atoms with E-state index in [0.717, 1.165) is 16.7 Å². The zero-order chi connectivity index (χ0) is 29.9. The lowest BCUT2D eigenvalue weighted by Gasteiger charge is -2.42. The second-order valence-electron chi connectivity index (χ2n) is 10.8. The molecule has 2 aliphatic heterocycles. The zero-order valence-electron chi connectivity index (χ0n) is 22.7. The maximum absolute atomic E-state index is 12.2. The molecule has 224 valence electrons. The molecule has 0 saturated carbocycles. The third kappa shape index (κ3) is 7.78. The van der Waals surface area contributed by atoms with Crippen LogP contribution in [0.15, 0.2) is 72.8 Å². The molecule has 2 fully saturated rings. The first-order valence-corrected chi connectivity index (χ1v) is 15.2. The van der Waals surface area contributed by atoms with Gasteiger partial charge in [-0.2, -0.15) is 0 Å². The van der Waals surface area contributed by atoms with Gasteiger partial charge in [-0.25, -0.2) is 0 Å². The third-order valence-electron chi connectivity index (χ3n) is 7.82. The molecular formula is C31H32Cl4N2O5. The minimum Gasteiger partial charge on any atom is -0.392 e. The van der Waals surface area contributed by atoms with Crippen molar-refractivity contribution in [2.24, 2.45) is 0 Å². The first-order valence-electron chi connectivity index (χ1n) is 13.7. The molecule has 0 bridgehead atoms. The molecular weight excluding hydrogens is 622 g/mol. The number of ether oxygens (including phenoxy) is 2. The molecule has 3 N–H and O–H groups in total. The highest BCUT2D eigenvalue weighted by atomic mass is 35.6. The lowest BCUT2D eigenvalue weighted by Crippen LogP contribution is -2.46. The second-order valence-corrected chi connectivity index (χ2v) is 13.5. The van der Waals surface area contributed by atoms with Gasteiger partial charge in [-0.15, -0.1) is 0 Å². The number of hydrogen-bond donors (Lipinski definition) is 3. The molecule has 42 heavy (non-hydrogen) atoms. The minimum absolute atomic E-state index is 0.0375. The summed E-state index contributed by atoms with van der Waals surface area (Å²) in [6.45, 7) is 2.04. The predicted molar refractivity (Wildman–Crippen MR) is 165 cm³/mol. The van der Waals surface area contributed by atoms with E-state index in [0.29, 0.717) is 55.2 Å². The van der Waals surface area contributed by atoms with Crippen LogP contribution in [0.1, 0.15) is 53.9 Å². The summed E-state index contributed by atoms with van der Waals surface area (Å²) in [7, 11) is 0. The lowest BCUT2D eigenvalue weighted by molar-refractivity contribution is -0.253. The maximum Gasteiger partial charge on any atom is 0.276 e. The molecule has 0 unspecified atom stereocenters. The number of carbonyl (C=O) groups is 1. The number of halogens is 4. The first-order chi connectivity index (χ1) is 20.0. The summed E-state index contributed by atoms with van der Waals surface area (Å²) < 4.78 is 10.8. The molecule has 2 saturated heterocycles. The fourth-order valence-electron chi connectivity index (χ4n) is 5.44. The summed E-state index contributed by atoms with van der Waals surface area (Å²) in [6, 6.07) is 22.1. The van der Waals surface area contributed by atoms with Gasteiger partial charge in [-0.1, -0.05) is 94.9 Å². The maximum atomic E-state index is 12.2. The largest absolute Gasteiger partial charge is 0.392 e. The molecule has 0 aliphatic carbocycles. The number of anilines is 1. The quantitative estimate of drug-likeness (QED) is 0.247. The number of aliphatic hydroxyl groups excluding tert-OH is 1. The van der Waals surface area contributed by atoms with Gasteiger partial charge in [-0.05, 0) is 53.8 Å². The van der Waals surface area contributed by atoms with Crippen LogP contribution in [0.25, 0.3) is 0 Å². The van der Waals surface area contributed by atoms with E-state index in [4.69, 9.17) is 55.9 Å². The molecule has 1 amide bonds. The molecule has 3 aromatic rings. The summed E-state index contributed by atoms with van der Waals surface area (Å²) in [4.78, 5) is 14.5. The van der Waals surface area contributed by atoms with Gasteiger partial charge in [0, 0.05) is 42.3 Å². The molecule has 11 heteroatoms. The van der Waals surface area contributed by atoms with E-state index in [1.807, 2.05) is 54.6 Å². The number of aliphatic hydroxyl groups is 2. The zero-order valence-corrected chi connectivity index (χ0v) is 25.7. The van der Waals surface area contributed by atoms with Crippen molar-refractivity contribution in [2.45, 2.75) is 53.8 Å². The summed E-state index contributed by atoms with van der Waals surface area (Å²) in [5.74, 6) is -0.765. The summed E-state index contributed by atoms with van der Waals surface area (Å²) in [5.41, 5.74) is 2.92. The van der Waals surface area contributed by atoms with Crippen LogP contribution < -0.4 is 5.32 Å². The highest BCUT2D eigenvalue weighted by Gasteiger charge is 2.38. The smallest absolute Gasteiger partial charge is 0.276 e. The Labute approximate surface area is 265 Å². The van der Waals surface area contributed by atoms with Crippen molar-refractivity contribution >= 4 is 58.0 Å². The van der Waals surface area contributed by atoms with Gasteiger partial charge in [0.25, 0.3) is 9.70 Å². The average Bonchev–Trinajstić information content (AvgIpc) is 2.98. The number of nitrogens with one attached hydrogen (secondary N) is 1. The van der Waals surface area contributed by atoms with Crippen LogP contribution in [-0.4, -0.2) is 50.6 Å². The second kappa shape index (κ2) is 13.4. The molecule has 3 atom stereocenters. The molecule has 3 aromatic carbocycles. The molecule has 5 rings (SSSR count). The van der Waals surface area contributed by atoms with E-state index in [1.54, 1.807) is 18.2 Å². The fraction of sp³-hybridized carbons (Fsp3) is 0.387. The summed E-state index contributed by atoms with van der Waals surface area (Å²) in [6.07, 6.45) is 0.656. The molecule has 2 heterocycles. The number of amides is 1. The monoisotopic (exact) mass is 652 g/mol. The Morgan fingerprint density at radius 2 is 1.67 bits per heavy atom. The molecule has 7 nitrogen and oxygen atoms in total. The van der Waals surface area contributed by atoms with Gasteiger partial charge in [0.15, 0.2) is 6.29 Å². The highest BCUT2D eigenvalue weighted by Crippen LogP contribution is 2.40. The Morgan fingerprint density at radius 3 is 2.31 bits per heavy atom. The number of hydrogen-bond acceptors (Lipinski definition) is 6. The number of alkyl halides is 3. The van der Waals surface area contributed by atoms with Gasteiger partial charge in [0.2, 0.25) is 0 Å². The van der Waals surface area contributed by atoms with E-state index in [2.05, 4.69) is 10.2 Å². The number of likely N-dealkylation sites (tertiary alicyclic amines) is 1. The third-order valence-corrected chi connectivity index (χ3v) is 8.58. The van der Waals surface area contributed by atoms with Gasteiger partial charge in [-0.3, -0.25) is 4.79 Å². The van der Waals surface area contributed by atoms with Crippen molar-refractivity contribution in [1.29, 1.82) is 0 Å². The number of nitrogens with zero attached hydrogens (tertiary/aromatic N) is 1. The number of carbonyl (C=O) groups excluding carboxylic acids is 1. The fourth-order valence-corrected chi connectivity index (χ4v) is 5.71. The normalized spacial score (nSPS) is 23.0. The first kappa shape index (κ1) is 31.5. The van der Waals surface area contributed by atoms with E-state index in [9.17, 15) is 15.0 Å². The Bertz CT molecular complexity index is 1360. The minimum atomic E-state index is -2.10. The standard InChI is InChI=1S/C31H32Cl4N2O5/c32-24-10-8-23(9-11-24)30(40)12-14-37(15-13-30)18-26-17-27(21-6-4-20(19-38)5-7-21)42-28(41-26)22-2-1-3-25(16-22)36-29(39)31(33,34)35/h1-11,16,26-28,38,40H,12-15,17-19H2,(H,36,39)/t26-,27+,28+/m1/s1. The van der Waals surface area contributed by atoms with Crippen molar-refractivity contribution in [2.75, 3.05) is 25.0 Å². The topological polar surface area (TPSA) is 91.3 Å². The highest BCUT2D eigenvalue weighted by molar-refractivity contribution is 6.76. The van der Waals surface area contributed by atoms with Gasteiger partial charge in [0.1, 0.15) is 0 Å². The van der Waals surface area contributed by atoms with Crippen molar-refractivity contribution in [1.82, 2.24) is 4.90 Å². The van der Waals surface area contributed by atoms with Crippen LogP contribution in [0.5, 0.6) is 0 Å². The number of piperidine rings is 1. The van der Waals surface area contributed by atoms with E-state index < -0.39 is 21.6 Å². The van der Waals surface area contributed by atoms with Crippen molar-refractivity contribution in [3.05, 3.63) is 100 Å². The predicted octanol–water partition coefficient (Wildman–Crippen LogP) is 6.67. The van der Waals surface area contributed by atoms with Crippen molar-refractivity contribution in [3.8, 4) is 0 Å². The van der Waals surface area contributed by atoms with Crippen LogP contribution in [0.4, 0.5) is 5.69 Å². The van der Waals surface area contributed by atoms with Crippen LogP contribution in [0.3, 0.4) is 0 Å². The summed E-state index contributed by atoms with van der Waals surface area (Å²) in [5, 5.41) is 24.1. The SMILES string of the molecule is O=C(Nc1cccc([C@H]2O[C@@H](CN3CCC(O)(c4ccc(Cl)cc4)CC3)C[C@@H](c3ccc(CO)cc3)O2)c1)C(Cl)(Cl)Cl. The van der Waals surface area contributed by atoms with Gasteiger partial charge >= 0.3 is 0 Å². The van der Waals surface area contributed by atoms with Crippen LogP contribution in [-0.2, 0) is 26.5 Å². The Hall–Kier alpha value is -1.91. The van der Waals surface area contributed by atoms with Crippen LogP contribution in [0, 0.1) is 0 Å². The van der Waals surface area contributed by atoms with Crippen LogP contribution in [0.2, 0.25) is 5.02 Å². The van der Waals surface area contributed by atoms with Crippen molar-refractivity contribution in [3.63, 3.8) is 0 Å². The van der Waals surface area contributed by atoms with Crippen LogP contribution >= 0.6 is 46.4 Å². The number of rotatable bonds is 7. The number of benzene rings is 3. The van der Waals surface area contributed by atoms with E-state index in [1.165, 1.54) is 0 Å². The Balaban J connectivity index is 1.31. The van der Waals surface area contributed by atoms with E-state index >= 15 is 0 Å². The molecule has 0 spiro atoms. The van der Waals surface area contributed by atoms with Gasteiger partial charge in [0.05, 0.1) is 24.4 Å². The summed E-state index contributed by atoms with van der Waals surface area (Å²) >= 11 is 23.2. The van der Waals surface area contributed by atoms with E-state index in [-0.39, 0.29) is 18.8 Å². The molecule has 0 radical (unpaired) electrons. The Morgan fingerprint density at radius 1 is 0.976 bits per heavy atom. The lowest BCUT2D eigenvalue weighted by atomic mass is 9.84. The molecule has 0 aromatic heterocycles. The average molecular weight is 654 g/mol. The molecule has 2 aliphatic rings. The van der Waals surface area contributed by atoms with Crippen molar-refractivity contribution < 1.29 is 24.5 Å².